The summed E-state index contributed by atoms with van der Waals surface area (Å²) in [5, 5.41) is 3.05. The van der Waals surface area contributed by atoms with Crippen LogP contribution in [0.3, 0.4) is 0 Å². The summed E-state index contributed by atoms with van der Waals surface area (Å²) in [5.41, 5.74) is 0. The number of imidazole rings is 1. The minimum atomic E-state index is -2.84. The normalized spacial score (nSPS) is 11.8. The molecular formula is C8H15N3O2S. The molecule has 0 aliphatic rings. The summed E-state index contributed by atoms with van der Waals surface area (Å²) in [6, 6.07) is 0. The SMILES string of the molecule is CS(=O)(=O)CCNCCn1ccnc1. The van der Waals surface area contributed by atoms with Crippen LogP contribution >= 0.6 is 0 Å². The zero-order valence-corrected chi connectivity index (χ0v) is 9.00. The molecule has 1 N–H and O–H groups in total. The van der Waals surface area contributed by atoms with E-state index in [1.807, 2.05) is 10.8 Å². The standard InChI is InChI=1S/C8H15N3O2S/c1-14(12,13)7-4-9-2-5-11-6-3-10-8-11/h3,6,8-9H,2,4-5,7H2,1H3. The third kappa shape index (κ3) is 4.98. The molecule has 1 heterocycles. The highest BCUT2D eigenvalue weighted by molar-refractivity contribution is 7.90. The number of nitrogens with zero attached hydrogens (tertiary/aromatic N) is 2. The van der Waals surface area contributed by atoms with Gasteiger partial charge in [0.2, 0.25) is 0 Å². The second kappa shape index (κ2) is 5.11. The minimum absolute atomic E-state index is 0.191. The monoisotopic (exact) mass is 217 g/mol. The van der Waals surface area contributed by atoms with E-state index in [0.29, 0.717) is 6.54 Å². The molecule has 0 fully saturated rings. The van der Waals surface area contributed by atoms with Crippen LogP contribution in [0.1, 0.15) is 0 Å². The van der Waals surface area contributed by atoms with Crippen LogP contribution in [-0.2, 0) is 16.4 Å². The number of sulfone groups is 1. The molecule has 0 aliphatic carbocycles. The first-order valence-electron chi connectivity index (χ1n) is 4.42. The third-order valence-corrected chi connectivity index (χ3v) is 2.70. The van der Waals surface area contributed by atoms with Crippen LogP contribution in [0, 0.1) is 0 Å². The van der Waals surface area contributed by atoms with Crippen molar-refractivity contribution in [1.29, 1.82) is 0 Å². The Bertz CT molecular complexity index is 345. The maximum Gasteiger partial charge on any atom is 0.148 e. The molecule has 14 heavy (non-hydrogen) atoms. The van der Waals surface area contributed by atoms with Crippen LogP contribution in [-0.4, -0.2) is 43.1 Å². The van der Waals surface area contributed by atoms with Gasteiger partial charge in [-0.25, -0.2) is 13.4 Å². The van der Waals surface area contributed by atoms with Crippen LogP contribution in [0.25, 0.3) is 0 Å². The van der Waals surface area contributed by atoms with Gasteiger partial charge in [0.05, 0.1) is 12.1 Å². The molecule has 0 radical (unpaired) electrons. The molecule has 0 bridgehead atoms. The number of aromatic nitrogens is 2. The average molecular weight is 217 g/mol. The Morgan fingerprint density at radius 3 is 2.79 bits per heavy atom. The van der Waals surface area contributed by atoms with E-state index in [4.69, 9.17) is 0 Å². The van der Waals surface area contributed by atoms with Crippen LogP contribution in [0.5, 0.6) is 0 Å². The molecule has 0 unspecified atom stereocenters. The first kappa shape index (κ1) is 11.2. The van der Waals surface area contributed by atoms with E-state index in [-0.39, 0.29) is 5.75 Å². The van der Waals surface area contributed by atoms with Crippen molar-refractivity contribution in [3.8, 4) is 0 Å². The number of rotatable bonds is 6. The molecule has 0 aliphatic heterocycles. The first-order valence-corrected chi connectivity index (χ1v) is 6.48. The zero-order chi connectivity index (χ0) is 10.4. The van der Waals surface area contributed by atoms with Crippen LogP contribution in [0.2, 0.25) is 0 Å². The number of nitrogens with one attached hydrogen (secondary N) is 1. The third-order valence-electron chi connectivity index (χ3n) is 1.76. The molecule has 5 nitrogen and oxygen atoms in total. The van der Waals surface area contributed by atoms with E-state index < -0.39 is 9.84 Å². The highest BCUT2D eigenvalue weighted by atomic mass is 32.2. The lowest BCUT2D eigenvalue weighted by Crippen LogP contribution is -2.25. The van der Waals surface area contributed by atoms with E-state index in [2.05, 4.69) is 10.3 Å². The fourth-order valence-corrected chi connectivity index (χ4v) is 1.52. The first-order chi connectivity index (χ1) is 6.58. The van der Waals surface area contributed by atoms with Crippen LogP contribution in [0.4, 0.5) is 0 Å². The Balaban J connectivity index is 2.06. The van der Waals surface area contributed by atoms with Crippen LogP contribution < -0.4 is 5.32 Å². The molecular weight excluding hydrogens is 202 g/mol. The van der Waals surface area contributed by atoms with Gasteiger partial charge in [-0.3, -0.25) is 0 Å². The van der Waals surface area contributed by atoms with E-state index >= 15 is 0 Å². The van der Waals surface area contributed by atoms with E-state index in [0.717, 1.165) is 13.1 Å². The Kier molecular flexibility index (Phi) is 4.09. The molecule has 1 rings (SSSR count). The Labute approximate surface area is 84.1 Å². The molecule has 0 amide bonds. The Morgan fingerprint density at radius 1 is 1.43 bits per heavy atom. The van der Waals surface area contributed by atoms with Gasteiger partial charge in [0.25, 0.3) is 0 Å². The maximum atomic E-state index is 10.8. The van der Waals surface area contributed by atoms with Gasteiger partial charge in [-0.2, -0.15) is 0 Å². The predicted molar refractivity (Wildman–Crippen MR) is 54.8 cm³/mol. The van der Waals surface area contributed by atoms with Crippen molar-refractivity contribution >= 4 is 9.84 Å². The summed E-state index contributed by atoms with van der Waals surface area (Å²) in [7, 11) is -2.84. The minimum Gasteiger partial charge on any atom is -0.336 e. The largest absolute Gasteiger partial charge is 0.336 e. The Morgan fingerprint density at radius 2 is 2.21 bits per heavy atom. The van der Waals surface area contributed by atoms with Crippen molar-refractivity contribution in [3.63, 3.8) is 0 Å². The highest BCUT2D eigenvalue weighted by Crippen LogP contribution is 1.84. The van der Waals surface area contributed by atoms with Crippen molar-refractivity contribution < 1.29 is 8.42 Å². The molecule has 0 saturated carbocycles. The topological polar surface area (TPSA) is 64.0 Å². The van der Waals surface area contributed by atoms with Crippen molar-refractivity contribution in [1.82, 2.24) is 14.9 Å². The van der Waals surface area contributed by atoms with Crippen molar-refractivity contribution in [3.05, 3.63) is 18.7 Å². The lowest BCUT2D eigenvalue weighted by atomic mass is 10.6. The van der Waals surface area contributed by atoms with Gasteiger partial charge in [0.15, 0.2) is 0 Å². The van der Waals surface area contributed by atoms with Gasteiger partial charge >= 0.3 is 0 Å². The molecule has 1 aromatic heterocycles. The molecule has 0 saturated heterocycles. The predicted octanol–water partition coefficient (Wildman–Crippen LogP) is -0.483. The second-order valence-electron chi connectivity index (χ2n) is 3.18. The zero-order valence-electron chi connectivity index (χ0n) is 8.18. The summed E-state index contributed by atoms with van der Waals surface area (Å²) in [6.45, 7) is 2.07. The summed E-state index contributed by atoms with van der Waals surface area (Å²) < 4.78 is 23.5. The van der Waals surface area contributed by atoms with E-state index in [9.17, 15) is 8.42 Å². The quantitative estimate of drug-likeness (QED) is 0.654. The highest BCUT2D eigenvalue weighted by Gasteiger charge is 1.99. The number of hydrogen-bond acceptors (Lipinski definition) is 4. The second-order valence-corrected chi connectivity index (χ2v) is 5.44. The molecule has 0 spiro atoms. The van der Waals surface area contributed by atoms with Crippen molar-refractivity contribution in [2.75, 3.05) is 25.1 Å². The summed E-state index contributed by atoms with van der Waals surface area (Å²) in [5.74, 6) is 0.191. The average Bonchev–Trinajstić information content (AvgIpc) is 2.54. The lowest BCUT2D eigenvalue weighted by Gasteiger charge is -2.04. The molecule has 6 heteroatoms. The maximum absolute atomic E-state index is 10.8. The van der Waals surface area contributed by atoms with Gasteiger partial charge in [0.1, 0.15) is 9.84 Å². The van der Waals surface area contributed by atoms with Crippen molar-refractivity contribution in [2.45, 2.75) is 6.54 Å². The van der Waals surface area contributed by atoms with Crippen molar-refractivity contribution in [2.24, 2.45) is 0 Å². The molecule has 0 atom stereocenters. The van der Waals surface area contributed by atoms with E-state index in [1.54, 1.807) is 12.5 Å². The molecule has 1 aromatic rings. The fourth-order valence-electron chi connectivity index (χ4n) is 1.01. The molecule has 80 valence electrons. The van der Waals surface area contributed by atoms with Gasteiger partial charge in [-0.1, -0.05) is 0 Å². The Hall–Kier alpha value is -0.880. The van der Waals surface area contributed by atoms with Gasteiger partial charge in [-0.05, 0) is 0 Å². The van der Waals surface area contributed by atoms with E-state index in [1.165, 1.54) is 6.26 Å². The summed E-state index contributed by atoms with van der Waals surface area (Å²) in [6.07, 6.45) is 6.57. The van der Waals surface area contributed by atoms with Crippen LogP contribution in [0.15, 0.2) is 18.7 Å². The fraction of sp³-hybridized carbons (Fsp3) is 0.625. The summed E-state index contributed by atoms with van der Waals surface area (Å²) in [4.78, 5) is 3.90. The van der Waals surface area contributed by atoms with Gasteiger partial charge < -0.3 is 9.88 Å². The number of hydrogen-bond donors (Lipinski definition) is 1. The summed E-state index contributed by atoms with van der Waals surface area (Å²) >= 11 is 0. The van der Waals surface area contributed by atoms with Gasteiger partial charge in [0, 0.05) is 38.3 Å². The molecule has 0 aromatic carbocycles. The van der Waals surface area contributed by atoms with Gasteiger partial charge in [-0.15, -0.1) is 0 Å². The smallest absolute Gasteiger partial charge is 0.148 e. The lowest BCUT2D eigenvalue weighted by molar-refractivity contribution is 0.586.